The molecular formula is C23H38IN7O2. The molecule has 9 nitrogen and oxygen atoms in total. The predicted molar refractivity (Wildman–Crippen MR) is 142 cm³/mol. The van der Waals surface area contributed by atoms with Gasteiger partial charge in [-0.25, -0.2) is 4.99 Å². The number of benzene rings is 1. The number of rotatable bonds is 10. The third kappa shape index (κ3) is 8.74. The summed E-state index contributed by atoms with van der Waals surface area (Å²) in [5.74, 6) is 3.46. The molecule has 0 saturated carbocycles. The number of aryl methyl sites for hydroxylation is 2. The highest BCUT2D eigenvalue weighted by molar-refractivity contribution is 14.0. The highest BCUT2D eigenvalue weighted by Gasteiger charge is 2.10. The van der Waals surface area contributed by atoms with Gasteiger partial charge < -0.3 is 24.7 Å². The van der Waals surface area contributed by atoms with Crippen LogP contribution in [-0.4, -0.2) is 78.7 Å². The van der Waals surface area contributed by atoms with Gasteiger partial charge in [-0.15, -0.1) is 34.2 Å². The van der Waals surface area contributed by atoms with Crippen LogP contribution >= 0.6 is 24.0 Å². The lowest BCUT2D eigenvalue weighted by molar-refractivity contribution is 0.0376. The fourth-order valence-corrected chi connectivity index (χ4v) is 3.59. The van der Waals surface area contributed by atoms with E-state index in [4.69, 9.17) is 14.5 Å². The molecule has 0 radical (unpaired) electrons. The number of nitrogens with zero attached hydrogens (tertiary/aromatic N) is 5. The Morgan fingerprint density at radius 1 is 1.15 bits per heavy atom. The van der Waals surface area contributed by atoms with Crippen LogP contribution in [0.2, 0.25) is 0 Å². The Kier molecular flexibility index (Phi) is 11.9. The second-order valence-electron chi connectivity index (χ2n) is 8.10. The fraction of sp³-hybridized carbons (Fsp3) is 0.609. The lowest BCUT2D eigenvalue weighted by Crippen LogP contribution is -2.41. The maximum absolute atomic E-state index is 5.45. The molecule has 2 N–H and O–H groups in total. The normalized spacial score (nSPS) is 14.6. The monoisotopic (exact) mass is 571 g/mol. The van der Waals surface area contributed by atoms with Gasteiger partial charge in [-0.05, 0) is 50.4 Å². The van der Waals surface area contributed by atoms with Gasteiger partial charge in [0.1, 0.15) is 18.1 Å². The number of hydrogen-bond donors (Lipinski definition) is 2. The van der Waals surface area contributed by atoms with Crippen molar-refractivity contribution in [3.8, 4) is 5.75 Å². The first-order valence-electron chi connectivity index (χ1n) is 11.4. The van der Waals surface area contributed by atoms with Crippen molar-refractivity contribution >= 4 is 29.9 Å². The third-order valence-corrected chi connectivity index (χ3v) is 5.79. The van der Waals surface area contributed by atoms with Gasteiger partial charge in [-0.2, -0.15) is 0 Å². The number of nitrogens with one attached hydrogen (secondary N) is 2. The second-order valence-corrected chi connectivity index (χ2v) is 8.10. The predicted octanol–water partition coefficient (Wildman–Crippen LogP) is 2.06. The number of morpholine rings is 1. The summed E-state index contributed by atoms with van der Waals surface area (Å²) in [6.07, 6.45) is 1.94. The molecule has 1 saturated heterocycles. The molecule has 1 aliphatic heterocycles. The van der Waals surface area contributed by atoms with Gasteiger partial charge in [0, 0.05) is 33.2 Å². The third-order valence-electron chi connectivity index (χ3n) is 5.79. The topological polar surface area (TPSA) is 88.8 Å². The van der Waals surface area contributed by atoms with Crippen LogP contribution in [0.5, 0.6) is 5.75 Å². The molecule has 184 valence electrons. The van der Waals surface area contributed by atoms with Crippen LogP contribution in [0.3, 0.4) is 0 Å². The Morgan fingerprint density at radius 2 is 1.91 bits per heavy atom. The van der Waals surface area contributed by atoms with Crippen LogP contribution in [-0.2, 0) is 24.8 Å². The summed E-state index contributed by atoms with van der Waals surface area (Å²) >= 11 is 0. The molecule has 3 rings (SSSR count). The standard InChI is InChI=1S/C23H37N7O2.HI/c1-18-6-7-20(16-21(18)31-4)8-10-25-23(26-17-22-28-27-19(2)29(22)3)24-9-5-11-30-12-14-32-15-13-30;/h6-7,16H,5,8-15,17H2,1-4H3,(H2,24,25,26);1H. The fourth-order valence-electron chi connectivity index (χ4n) is 3.59. The zero-order chi connectivity index (χ0) is 22.8. The minimum Gasteiger partial charge on any atom is -0.496 e. The van der Waals surface area contributed by atoms with Crippen molar-refractivity contribution in [1.29, 1.82) is 0 Å². The van der Waals surface area contributed by atoms with Crippen molar-refractivity contribution < 1.29 is 9.47 Å². The molecule has 33 heavy (non-hydrogen) atoms. The summed E-state index contributed by atoms with van der Waals surface area (Å²) in [6, 6.07) is 6.35. The zero-order valence-corrected chi connectivity index (χ0v) is 22.6. The SMILES string of the molecule is COc1cc(CCNC(=NCc2nnc(C)n2C)NCCCN2CCOCC2)ccc1C.I. The van der Waals surface area contributed by atoms with Crippen LogP contribution < -0.4 is 15.4 Å². The number of ether oxygens (including phenoxy) is 2. The van der Waals surface area contributed by atoms with Gasteiger partial charge in [0.05, 0.1) is 20.3 Å². The Hall–Kier alpha value is -1.92. The molecule has 2 heterocycles. The number of halogens is 1. The zero-order valence-electron chi connectivity index (χ0n) is 20.3. The first-order chi connectivity index (χ1) is 15.6. The van der Waals surface area contributed by atoms with Crippen LogP contribution in [0.1, 0.15) is 29.2 Å². The van der Waals surface area contributed by atoms with Crippen LogP contribution in [0.4, 0.5) is 0 Å². The molecule has 1 aromatic carbocycles. The summed E-state index contributed by atoms with van der Waals surface area (Å²) in [7, 11) is 3.68. The van der Waals surface area contributed by atoms with Crippen molar-refractivity contribution in [3.05, 3.63) is 41.0 Å². The molecule has 0 spiro atoms. The quantitative estimate of drug-likeness (QED) is 0.195. The van der Waals surface area contributed by atoms with Crippen molar-refractivity contribution in [2.24, 2.45) is 12.0 Å². The molecule has 0 aliphatic carbocycles. The molecule has 2 aromatic rings. The van der Waals surface area contributed by atoms with E-state index in [0.717, 1.165) is 87.7 Å². The lowest BCUT2D eigenvalue weighted by atomic mass is 10.1. The van der Waals surface area contributed by atoms with Gasteiger partial charge in [0.25, 0.3) is 0 Å². The minimum absolute atomic E-state index is 0. The molecular weight excluding hydrogens is 533 g/mol. The maximum Gasteiger partial charge on any atom is 0.191 e. The van der Waals surface area contributed by atoms with Crippen molar-refractivity contribution in [1.82, 2.24) is 30.3 Å². The van der Waals surface area contributed by atoms with E-state index in [9.17, 15) is 0 Å². The van der Waals surface area contributed by atoms with Crippen molar-refractivity contribution in [2.45, 2.75) is 33.2 Å². The van der Waals surface area contributed by atoms with Crippen LogP contribution in [0, 0.1) is 13.8 Å². The van der Waals surface area contributed by atoms with E-state index in [2.05, 4.69) is 50.9 Å². The lowest BCUT2D eigenvalue weighted by Gasteiger charge is -2.26. The van der Waals surface area contributed by atoms with Gasteiger partial charge >= 0.3 is 0 Å². The summed E-state index contributed by atoms with van der Waals surface area (Å²) in [5.41, 5.74) is 2.38. The van der Waals surface area contributed by atoms with Gasteiger partial charge in [0.2, 0.25) is 0 Å². The van der Waals surface area contributed by atoms with E-state index in [1.54, 1.807) is 7.11 Å². The van der Waals surface area contributed by atoms with Gasteiger partial charge in [-0.3, -0.25) is 4.90 Å². The number of methoxy groups -OCH3 is 1. The molecule has 1 aliphatic rings. The average molecular weight is 572 g/mol. The first kappa shape index (κ1) is 27.3. The van der Waals surface area contributed by atoms with Gasteiger partial charge in [0.15, 0.2) is 11.8 Å². The van der Waals surface area contributed by atoms with E-state index in [0.29, 0.717) is 6.54 Å². The number of aliphatic imine (C=N–C) groups is 1. The Bertz CT molecular complexity index is 882. The Labute approximate surface area is 214 Å². The van der Waals surface area contributed by atoms with Gasteiger partial charge in [-0.1, -0.05) is 12.1 Å². The highest BCUT2D eigenvalue weighted by atomic mass is 127. The van der Waals surface area contributed by atoms with E-state index in [1.807, 2.05) is 18.5 Å². The van der Waals surface area contributed by atoms with Crippen LogP contribution in [0.15, 0.2) is 23.2 Å². The van der Waals surface area contributed by atoms with Crippen LogP contribution in [0.25, 0.3) is 0 Å². The van der Waals surface area contributed by atoms with Crippen molar-refractivity contribution in [3.63, 3.8) is 0 Å². The Balaban J connectivity index is 0.00000385. The number of guanidine groups is 1. The number of aromatic nitrogens is 3. The largest absolute Gasteiger partial charge is 0.496 e. The molecule has 0 unspecified atom stereocenters. The minimum atomic E-state index is 0. The smallest absolute Gasteiger partial charge is 0.191 e. The van der Waals surface area contributed by atoms with E-state index < -0.39 is 0 Å². The highest BCUT2D eigenvalue weighted by Crippen LogP contribution is 2.19. The number of hydrogen-bond acceptors (Lipinski definition) is 6. The summed E-state index contributed by atoms with van der Waals surface area (Å²) in [6.45, 7) is 10.9. The van der Waals surface area contributed by atoms with E-state index in [1.165, 1.54) is 5.56 Å². The Morgan fingerprint density at radius 3 is 2.61 bits per heavy atom. The first-order valence-corrected chi connectivity index (χ1v) is 11.4. The molecule has 1 aromatic heterocycles. The summed E-state index contributed by atoms with van der Waals surface area (Å²) in [4.78, 5) is 7.19. The second kappa shape index (κ2) is 14.4. The average Bonchev–Trinajstić information content (AvgIpc) is 3.13. The molecule has 10 heteroatoms. The van der Waals surface area contributed by atoms with E-state index in [-0.39, 0.29) is 24.0 Å². The molecule has 0 amide bonds. The maximum atomic E-state index is 5.45. The summed E-state index contributed by atoms with van der Waals surface area (Å²) < 4.78 is 12.8. The van der Waals surface area contributed by atoms with E-state index >= 15 is 0 Å². The molecule has 0 atom stereocenters. The molecule has 0 bridgehead atoms. The summed E-state index contributed by atoms with van der Waals surface area (Å²) in [5, 5.41) is 15.3. The van der Waals surface area contributed by atoms with Crippen molar-refractivity contribution in [2.75, 3.05) is 53.0 Å². The molecule has 1 fully saturated rings.